The summed E-state index contributed by atoms with van der Waals surface area (Å²) in [5, 5.41) is 10.5. The number of hydrogen-bond acceptors (Lipinski definition) is 4. The fourth-order valence-electron chi connectivity index (χ4n) is 2.13. The highest BCUT2D eigenvalue weighted by Gasteiger charge is 2.20. The molecule has 2 aromatic rings. The Labute approximate surface area is 127 Å². The number of carboxylic acid groups (broad SMARTS) is 1. The molecule has 116 valence electrons. The summed E-state index contributed by atoms with van der Waals surface area (Å²) in [5.74, 6) is -1.56. The summed E-state index contributed by atoms with van der Waals surface area (Å²) in [7, 11) is -3.80. The Morgan fingerprint density at radius 2 is 1.86 bits per heavy atom. The molecule has 0 spiro atoms. The standard InChI is InChI=1S/C15H15NO5S/c17-9-14(8-15(18)19)16-22(20,21)10-11-5-6-12-3-1-2-4-13(12)7-11/h1-7,9,14,16H,8,10H2,(H,18,19)/t14-/m0/s1. The van der Waals surface area contributed by atoms with Gasteiger partial charge in [-0.25, -0.2) is 13.1 Å². The van der Waals surface area contributed by atoms with Gasteiger partial charge in [-0.1, -0.05) is 42.5 Å². The Balaban J connectivity index is 2.15. The maximum atomic E-state index is 12.0. The highest BCUT2D eigenvalue weighted by molar-refractivity contribution is 7.88. The fourth-order valence-corrected chi connectivity index (χ4v) is 3.43. The van der Waals surface area contributed by atoms with E-state index in [-0.39, 0.29) is 12.0 Å². The van der Waals surface area contributed by atoms with E-state index in [0.717, 1.165) is 10.8 Å². The number of fused-ring (bicyclic) bond motifs is 1. The fraction of sp³-hybridized carbons (Fsp3) is 0.200. The monoisotopic (exact) mass is 321 g/mol. The average molecular weight is 321 g/mol. The number of carbonyl (C=O) groups is 2. The first-order valence-electron chi connectivity index (χ1n) is 6.54. The quantitative estimate of drug-likeness (QED) is 0.749. The van der Waals surface area contributed by atoms with Crippen LogP contribution in [0, 0.1) is 0 Å². The molecule has 0 radical (unpaired) electrons. The molecule has 0 aliphatic heterocycles. The number of sulfonamides is 1. The van der Waals surface area contributed by atoms with Crippen LogP contribution in [0.5, 0.6) is 0 Å². The topological polar surface area (TPSA) is 101 Å². The van der Waals surface area contributed by atoms with Crippen LogP contribution in [-0.2, 0) is 25.4 Å². The van der Waals surface area contributed by atoms with Crippen LogP contribution in [0.25, 0.3) is 10.8 Å². The summed E-state index contributed by atoms with van der Waals surface area (Å²) in [4.78, 5) is 21.3. The predicted octanol–water partition coefficient (Wildman–Crippen LogP) is 1.30. The van der Waals surface area contributed by atoms with Gasteiger partial charge in [0, 0.05) is 0 Å². The highest BCUT2D eigenvalue weighted by Crippen LogP contribution is 2.17. The summed E-state index contributed by atoms with van der Waals surface area (Å²) in [6.45, 7) is 0. The number of aldehydes is 1. The molecule has 0 aromatic heterocycles. The lowest BCUT2D eigenvalue weighted by Crippen LogP contribution is -2.38. The number of carbonyl (C=O) groups excluding carboxylic acids is 1. The van der Waals surface area contributed by atoms with Gasteiger partial charge in [-0.2, -0.15) is 0 Å². The van der Waals surface area contributed by atoms with E-state index in [1.807, 2.05) is 30.3 Å². The summed E-state index contributed by atoms with van der Waals surface area (Å²) >= 11 is 0. The van der Waals surface area contributed by atoms with E-state index in [9.17, 15) is 18.0 Å². The van der Waals surface area contributed by atoms with Crippen molar-refractivity contribution in [2.24, 2.45) is 0 Å². The molecular formula is C15H15NO5S. The van der Waals surface area contributed by atoms with Crippen LogP contribution >= 0.6 is 0 Å². The van der Waals surface area contributed by atoms with E-state index < -0.39 is 28.5 Å². The SMILES string of the molecule is O=C[C@H](CC(=O)O)NS(=O)(=O)Cc1ccc2ccccc2c1. The number of benzene rings is 2. The minimum Gasteiger partial charge on any atom is -0.481 e. The molecule has 0 bridgehead atoms. The van der Waals surface area contributed by atoms with Crippen molar-refractivity contribution >= 4 is 33.1 Å². The van der Waals surface area contributed by atoms with Crippen molar-refractivity contribution in [3.8, 4) is 0 Å². The molecule has 0 fully saturated rings. The maximum absolute atomic E-state index is 12.0. The van der Waals surface area contributed by atoms with Gasteiger partial charge in [0.2, 0.25) is 10.0 Å². The molecule has 0 unspecified atom stereocenters. The molecule has 2 aromatic carbocycles. The Morgan fingerprint density at radius 1 is 1.18 bits per heavy atom. The van der Waals surface area contributed by atoms with Crippen LogP contribution in [0.2, 0.25) is 0 Å². The smallest absolute Gasteiger partial charge is 0.305 e. The average Bonchev–Trinajstić information content (AvgIpc) is 2.45. The van der Waals surface area contributed by atoms with Gasteiger partial charge in [0.1, 0.15) is 6.29 Å². The summed E-state index contributed by atoms with van der Waals surface area (Å²) < 4.78 is 26.1. The zero-order chi connectivity index (χ0) is 16.2. The molecule has 0 aliphatic rings. The van der Waals surface area contributed by atoms with Gasteiger partial charge < -0.3 is 9.90 Å². The first-order valence-corrected chi connectivity index (χ1v) is 8.19. The molecule has 7 heteroatoms. The Kier molecular flexibility index (Phi) is 4.89. The van der Waals surface area contributed by atoms with Gasteiger partial charge in [-0.15, -0.1) is 0 Å². The summed E-state index contributed by atoms with van der Waals surface area (Å²) in [6, 6.07) is 11.5. The minimum atomic E-state index is -3.80. The first-order chi connectivity index (χ1) is 10.4. The summed E-state index contributed by atoms with van der Waals surface area (Å²) in [5.41, 5.74) is 0.561. The second kappa shape index (κ2) is 6.67. The van der Waals surface area contributed by atoms with Crippen LogP contribution < -0.4 is 4.72 Å². The molecule has 0 saturated carbocycles. The van der Waals surface area contributed by atoms with E-state index in [4.69, 9.17) is 5.11 Å². The normalized spacial score (nSPS) is 12.9. The van der Waals surface area contributed by atoms with Crippen molar-refractivity contribution in [2.75, 3.05) is 0 Å². The van der Waals surface area contributed by atoms with Gasteiger partial charge in [0.25, 0.3) is 0 Å². The van der Waals surface area contributed by atoms with Gasteiger partial charge in [0.15, 0.2) is 0 Å². The van der Waals surface area contributed by atoms with Crippen molar-refractivity contribution in [1.82, 2.24) is 4.72 Å². The van der Waals surface area contributed by atoms with E-state index in [1.165, 1.54) is 0 Å². The number of aliphatic carboxylic acids is 1. The number of rotatable bonds is 7. The lowest BCUT2D eigenvalue weighted by atomic mass is 10.1. The molecule has 2 N–H and O–H groups in total. The van der Waals surface area contributed by atoms with Crippen molar-refractivity contribution in [1.29, 1.82) is 0 Å². The third kappa shape index (κ3) is 4.37. The molecule has 0 heterocycles. The van der Waals surface area contributed by atoms with Crippen LogP contribution in [0.15, 0.2) is 42.5 Å². The van der Waals surface area contributed by atoms with E-state index >= 15 is 0 Å². The largest absolute Gasteiger partial charge is 0.481 e. The highest BCUT2D eigenvalue weighted by atomic mass is 32.2. The second-order valence-electron chi connectivity index (χ2n) is 4.90. The maximum Gasteiger partial charge on any atom is 0.305 e. The Morgan fingerprint density at radius 3 is 2.50 bits per heavy atom. The Hall–Kier alpha value is -2.25. The molecule has 22 heavy (non-hydrogen) atoms. The third-order valence-electron chi connectivity index (χ3n) is 3.06. The van der Waals surface area contributed by atoms with Crippen LogP contribution in [-0.4, -0.2) is 31.8 Å². The molecular weight excluding hydrogens is 306 g/mol. The van der Waals surface area contributed by atoms with Gasteiger partial charge in [0.05, 0.1) is 18.2 Å². The molecule has 2 rings (SSSR count). The zero-order valence-corrected chi connectivity index (χ0v) is 12.4. The number of carboxylic acids is 1. The lowest BCUT2D eigenvalue weighted by Gasteiger charge is -2.11. The molecule has 6 nitrogen and oxygen atoms in total. The Bertz CT molecular complexity index is 800. The van der Waals surface area contributed by atoms with Crippen molar-refractivity contribution < 1.29 is 23.1 Å². The molecule has 0 amide bonds. The van der Waals surface area contributed by atoms with E-state index in [1.54, 1.807) is 12.1 Å². The zero-order valence-electron chi connectivity index (χ0n) is 11.6. The van der Waals surface area contributed by atoms with Crippen LogP contribution in [0.1, 0.15) is 12.0 Å². The summed E-state index contributed by atoms with van der Waals surface area (Å²) in [6.07, 6.45) is -0.299. The second-order valence-corrected chi connectivity index (χ2v) is 6.65. The minimum absolute atomic E-state index is 0.284. The van der Waals surface area contributed by atoms with Gasteiger partial charge >= 0.3 is 5.97 Å². The van der Waals surface area contributed by atoms with Crippen molar-refractivity contribution in [2.45, 2.75) is 18.2 Å². The van der Waals surface area contributed by atoms with Crippen LogP contribution in [0.4, 0.5) is 0 Å². The molecule has 0 saturated heterocycles. The number of nitrogens with one attached hydrogen (secondary N) is 1. The van der Waals surface area contributed by atoms with E-state index in [0.29, 0.717) is 5.56 Å². The lowest BCUT2D eigenvalue weighted by molar-refractivity contribution is -0.138. The first kappa shape index (κ1) is 16.1. The molecule has 1 atom stereocenters. The van der Waals surface area contributed by atoms with E-state index in [2.05, 4.69) is 4.72 Å². The predicted molar refractivity (Wildman–Crippen MR) is 81.8 cm³/mol. The van der Waals surface area contributed by atoms with Crippen molar-refractivity contribution in [3.63, 3.8) is 0 Å². The van der Waals surface area contributed by atoms with Gasteiger partial charge in [-0.05, 0) is 16.3 Å². The third-order valence-corrected chi connectivity index (χ3v) is 4.44. The molecule has 0 aliphatic carbocycles. The number of hydrogen-bond donors (Lipinski definition) is 2. The van der Waals surface area contributed by atoms with Crippen LogP contribution in [0.3, 0.4) is 0 Å². The van der Waals surface area contributed by atoms with Crippen molar-refractivity contribution in [3.05, 3.63) is 48.0 Å². The van der Waals surface area contributed by atoms with Gasteiger partial charge in [-0.3, -0.25) is 4.79 Å².